The quantitative estimate of drug-likeness (QED) is 0.628. The Labute approximate surface area is 165 Å². The molecule has 3 N–H and O–H groups in total. The Morgan fingerprint density at radius 3 is 2.00 bits per heavy atom. The van der Waals surface area contributed by atoms with Crippen molar-refractivity contribution < 1.29 is 14.4 Å². The summed E-state index contributed by atoms with van der Waals surface area (Å²) in [6, 6.07) is 8.80. The first kappa shape index (κ1) is 19.0. The highest BCUT2D eigenvalue weighted by molar-refractivity contribution is 5.96. The van der Waals surface area contributed by atoms with Crippen LogP contribution in [-0.4, -0.2) is 37.4 Å². The molecule has 150 valence electrons. The van der Waals surface area contributed by atoms with E-state index in [-0.39, 0.29) is 29.7 Å². The van der Waals surface area contributed by atoms with E-state index in [2.05, 4.69) is 16.0 Å². The number of nitrogens with one attached hydrogen (secondary N) is 3. The topological polar surface area (TPSA) is 87.3 Å². The maximum atomic E-state index is 12.8. The lowest BCUT2D eigenvalue weighted by molar-refractivity contribution is -0.146. The maximum absolute atomic E-state index is 12.8. The van der Waals surface area contributed by atoms with Gasteiger partial charge in [-0.3, -0.25) is 14.4 Å². The van der Waals surface area contributed by atoms with Crippen LogP contribution in [-0.2, 0) is 9.59 Å². The molecule has 0 radical (unpaired) electrons. The standard InChI is InChI=1S/C22H29N3O3/c26-19(14-25-20(27)18-4-2-1-3-5-18)23-6-7-24-21(28)22-11-15-8-16(12-22)10-17(9-15)13-22/h1-5,15-17H,6-14H2,(H,23,26)(H,24,28)(H,25,27). The Kier molecular flexibility index (Phi) is 5.38. The highest BCUT2D eigenvalue weighted by Crippen LogP contribution is 2.60. The Morgan fingerprint density at radius 1 is 0.821 bits per heavy atom. The molecule has 1 aromatic rings. The lowest BCUT2D eigenvalue weighted by Gasteiger charge is -2.55. The Morgan fingerprint density at radius 2 is 1.39 bits per heavy atom. The molecule has 0 aliphatic heterocycles. The van der Waals surface area contributed by atoms with Crippen LogP contribution in [0.1, 0.15) is 48.9 Å². The zero-order chi connectivity index (χ0) is 19.6. The van der Waals surface area contributed by atoms with Gasteiger partial charge in [-0.1, -0.05) is 18.2 Å². The molecule has 0 spiro atoms. The van der Waals surface area contributed by atoms with Gasteiger partial charge >= 0.3 is 0 Å². The largest absolute Gasteiger partial charge is 0.354 e. The molecule has 4 aliphatic rings. The van der Waals surface area contributed by atoms with Gasteiger partial charge in [0.05, 0.1) is 6.54 Å². The number of carbonyl (C=O) groups is 3. The number of carbonyl (C=O) groups excluding carboxylic acids is 3. The molecule has 0 heterocycles. The second-order valence-corrected chi connectivity index (χ2v) is 8.85. The summed E-state index contributed by atoms with van der Waals surface area (Å²) >= 11 is 0. The first-order chi connectivity index (χ1) is 13.5. The summed E-state index contributed by atoms with van der Waals surface area (Å²) in [5.41, 5.74) is 0.376. The Bertz CT molecular complexity index is 711. The van der Waals surface area contributed by atoms with Gasteiger partial charge in [-0.05, 0) is 68.4 Å². The van der Waals surface area contributed by atoms with Gasteiger partial charge in [-0.25, -0.2) is 0 Å². The monoisotopic (exact) mass is 383 g/mol. The maximum Gasteiger partial charge on any atom is 0.251 e. The zero-order valence-corrected chi connectivity index (χ0v) is 16.2. The minimum atomic E-state index is -0.272. The highest BCUT2D eigenvalue weighted by atomic mass is 16.2. The van der Waals surface area contributed by atoms with Gasteiger partial charge in [0, 0.05) is 24.1 Å². The number of hydrogen-bond donors (Lipinski definition) is 3. The van der Waals surface area contributed by atoms with Crippen LogP contribution in [0.3, 0.4) is 0 Å². The van der Waals surface area contributed by atoms with Crippen molar-refractivity contribution >= 4 is 17.7 Å². The molecule has 28 heavy (non-hydrogen) atoms. The van der Waals surface area contributed by atoms with E-state index in [4.69, 9.17) is 0 Å². The summed E-state index contributed by atoms with van der Waals surface area (Å²) in [4.78, 5) is 36.7. The van der Waals surface area contributed by atoms with Crippen molar-refractivity contribution in [1.82, 2.24) is 16.0 Å². The first-order valence-corrected chi connectivity index (χ1v) is 10.4. The molecule has 0 atom stereocenters. The van der Waals surface area contributed by atoms with Gasteiger partial charge < -0.3 is 16.0 Å². The van der Waals surface area contributed by atoms with Crippen molar-refractivity contribution in [2.45, 2.75) is 38.5 Å². The molecule has 0 saturated heterocycles. The van der Waals surface area contributed by atoms with E-state index in [1.807, 2.05) is 6.07 Å². The molecule has 4 bridgehead atoms. The molecule has 4 aliphatic carbocycles. The van der Waals surface area contributed by atoms with E-state index in [1.54, 1.807) is 24.3 Å². The van der Waals surface area contributed by atoms with E-state index < -0.39 is 0 Å². The van der Waals surface area contributed by atoms with Gasteiger partial charge in [-0.15, -0.1) is 0 Å². The van der Waals surface area contributed by atoms with Gasteiger partial charge in [0.15, 0.2) is 0 Å². The molecule has 6 heteroatoms. The van der Waals surface area contributed by atoms with Crippen molar-refractivity contribution in [2.24, 2.45) is 23.2 Å². The molecule has 3 amide bonds. The van der Waals surface area contributed by atoms with Crippen molar-refractivity contribution in [2.75, 3.05) is 19.6 Å². The fourth-order valence-corrected chi connectivity index (χ4v) is 5.87. The predicted octanol–water partition coefficient (Wildman–Crippen LogP) is 1.87. The second kappa shape index (κ2) is 7.94. The molecule has 6 nitrogen and oxygen atoms in total. The molecule has 4 saturated carbocycles. The lowest BCUT2D eigenvalue weighted by Crippen LogP contribution is -2.54. The first-order valence-electron chi connectivity index (χ1n) is 10.4. The third-order valence-corrected chi connectivity index (χ3v) is 6.70. The van der Waals surface area contributed by atoms with Crippen LogP contribution in [0, 0.1) is 23.2 Å². The molecule has 0 aromatic heterocycles. The average Bonchev–Trinajstić information content (AvgIpc) is 2.69. The zero-order valence-electron chi connectivity index (χ0n) is 16.2. The summed E-state index contributed by atoms with van der Waals surface area (Å²) in [6.45, 7) is 0.730. The number of hydrogen-bond acceptors (Lipinski definition) is 3. The van der Waals surface area contributed by atoms with Crippen LogP contribution in [0.2, 0.25) is 0 Å². The minimum absolute atomic E-state index is 0.0728. The smallest absolute Gasteiger partial charge is 0.251 e. The summed E-state index contributed by atoms with van der Waals surface area (Å²) in [5, 5.41) is 8.39. The van der Waals surface area contributed by atoms with E-state index in [0.717, 1.165) is 37.0 Å². The third kappa shape index (κ3) is 4.05. The third-order valence-electron chi connectivity index (χ3n) is 6.70. The number of amides is 3. The second-order valence-electron chi connectivity index (χ2n) is 8.85. The van der Waals surface area contributed by atoms with Crippen LogP contribution in [0.25, 0.3) is 0 Å². The van der Waals surface area contributed by atoms with Crippen molar-refractivity contribution in [3.05, 3.63) is 35.9 Å². The molecule has 1 aromatic carbocycles. The highest BCUT2D eigenvalue weighted by Gasteiger charge is 2.54. The fraction of sp³-hybridized carbons (Fsp3) is 0.591. The van der Waals surface area contributed by atoms with Crippen LogP contribution in [0.5, 0.6) is 0 Å². The average molecular weight is 383 g/mol. The molecular weight excluding hydrogens is 354 g/mol. The van der Waals surface area contributed by atoms with Gasteiger partial charge in [0.25, 0.3) is 5.91 Å². The molecule has 5 rings (SSSR count). The van der Waals surface area contributed by atoms with E-state index in [1.165, 1.54) is 19.3 Å². The van der Waals surface area contributed by atoms with Crippen LogP contribution in [0.4, 0.5) is 0 Å². The van der Waals surface area contributed by atoms with E-state index in [0.29, 0.717) is 18.7 Å². The minimum Gasteiger partial charge on any atom is -0.354 e. The molecular formula is C22H29N3O3. The Balaban J connectivity index is 1.15. The van der Waals surface area contributed by atoms with Crippen LogP contribution < -0.4 is 16.0 Å². The van der Waals surface area contributed by atoms with Crippen LogP contribution in [0.15, 0.2) is 30.3 Å². The Hall–Kier alpha value is -2.37. The van der Waals surface area contributed by atoms with E-state index in [9.17, 15) is 14.4 Å². The van der Waals surface area contributed by atoms with Crippen molar-refractivity contribution in [3.8, 4) is 0 Å². The predicted molar refractivity (Wildman–Crippen MR) is 105 cm³/mol. The molecule has 0 unspecified atom stereocenters. The number of rotatable bonds is 7. The molecule has 4 fully saturated rings. The van der Waals surface area contributed by atoms with Gasteiger partial charge in [-0.2, -0.15) is 0 Å². The van der Waals surface area contributed by atoms with Gasteiger partial charge in [0.1, 0.15) is 0 Å². The van der Waals surface area contributed by atoms with Crippen molar-refractivity contribution in [3.63, 3.8) is 0 Å². The van der Waals surface area contributed by atoms with Crippen molar-refractivity contribution in [1.29, 1.82) is 0 Å². The summed E-state index contributed by atoms with van der Waals surface area (Å²) in [5.74, 6) is 1.87. The summed E-state index contributed by atoms with van der Waals surface area (Å²) in [6.07, 6.45) is 7.08. The fourth-order valence-electron chi connectivity index (χ4n) is 5.87. The SMILES string of the molecule is O=C(CNC(=O)c1ccccc1)NCCNC(=O)C12CC3CC(CC(C3)C1)C2. The normalized spacial score (nSPS) is 29.9. The van der Waals surface area contributed by atoms with Crippen LogP contribution >= 0.6 is 0 Å². The summed E-state index contributed by atoms with van der Waals surface area (Å²) < 4.78 is 0. The van der Waals surface area contributed by atoms with Gasteiger partial charge in [0.2, 0.25) is 11.8 Å². The lowest BCUT2D eigenvalue weighted by atomic mass is 9.49. The summed E-state index contributed by atoms with van der Waals surface area (Å²) in [7, 11) is 0. The van der Waals surface area contributed by atoms with E-state index >= 15 is 0 Å². The number of benzene rings is 1.